The fourth-order valence-electron chi connectivity index (χ4n) is 1.72. The molecule has 0 bridgehead atoms. The third-order valence-electron chi connectivity index (χ3n) is 2.82. The van der Waals surface area contributed by atoms with E-state index >= 15 is 0 Å². The van der Waals surface area contributed by atoms with Gasteiger partial charge in [-0.1, -0.05) is 12.5 Å². The Balaban J connectivity index is 2.17. The van der Waals surface area contributed by atoms with Gasteiger partial charge < -0.3 is 15.4 Å². The van der Waals surface area contributed by atoms with Gasteiger partial charge >= 0.3 is 12.0 Å². The topological polar surface area (TPSA) is 91.2 Å². The summed E-state index contributed by atoms with van der Waals surface area (Å²) in [7, 11) is 1.37. The summed E-state index contributed by atoms with van der Waals surface area (Å²) in [5.41, 5.74) is 1.08. The normalized spacial score (nSPS) is 9.52. The van der Waals surface area contributed by atoms with E-state index in [1.807, 2.05) is 6.07 Å². The van der Waals surface area contributed by atoms with Gasteiger partial charge in [0.15, 0.2) is 0 Å². The van der Waals surface area contributed by atoms with Gasteiger partial charge in [-0.05, 0) is 31.0 Å². The van der Waals surface area contributed by atoms with Crippen molar-refractivity contribution in [2.75, 3.05) is 19.0 Å². The number of anilines is 1. The van der Waals surface area contributed by atoms with E-state index in [4.69, 9.17) is 5.26 Å². The van der Waals surface area contributed by atoms with Crippen molar-refractivity contribution in [2.24, 2.45) is 0 Å². The van der Waals surface area contributed by atoms with E-state index in [-0.39, 0.29) is 12.0 Å². The van der Waals surface area contributed by atoms with Crippen LogP contribution in [0.25, 0.3) is 0 Å². The van der Waals surface area contributed by atoms with Crippen LogP contribution in [0.2, 0.25) is 0 Å². The van der Waals surface area contributed by atoms with Crippen molar-refractivity contribution in [3.05, 3.63) is 29.8 Å². The Bertz CT molecular complexity index is 523. The van der Waals surface area contributed by atoms with Crippen LogP contribution in [0.15, 0.2) is 24.3 Å². The van der Waals surface area contributed by atoms with Crippen molar-refractivity contribution in [3.8, 4) is 6.07 Å². The molecule has 0 fully saturated rings. The number of rotatable bonds is 7. The fourth-order valence-corrected chi connectivity index (χ4v) is 1.72. The number of benzene rings is 1. The lowest BCUT2D eigenvalue weighted by molar-refractivity contribution is -0.140. The number of nitrogens with one attached hydrogen (secondary N) is 2. The smallest absolute Gasteiger partial charge is 0.319 e. The number of esters is 1. The lowest BCUT2D eigenvalue weighted by Gasteiger charge is -2.07. The molecule has 1 aromatic rings. The lowest BCUT2D eigenvalue weighted by Crippen LogP contribution is -2.29. The van der Waals surface area contributed by atoms with Gasteiger partial charge in [-0.3, -0.25) is 4.79 Å². The minimum Gasteiger partial charge on any atom is -0.469 e. The maximum Gasteiger partial charge on any atom is 0.319 e. The Morgan fingerprint density at radius 2 is 2.10 bits per heavy atom. The van der Waals surface area contributed by atoms with E-state index in [9.17, 15) is 9.59 Å². The van der Waals surface area contributed by atoms with E-state index in [0.717, 1.165) is 19.3 Å². The fraction of sp³-hybridized carbons (Fsp3) is 0.400. The first-order valence-corrected chi connectivity index (χ1v) is 6.77. The summed E-state index contributed by atoms with van der Waals surface area (Å²) in [5.74, 6) is -0.210. The van der Waals surface area contributed by atoms with E-state index in [2.05, 4.69) is 15.4 Å². The van der Waals surface area contributed by atoms with Gasteiger partial charge in [-0.15, -0.1) is 0 Å². The number of nitriles is 1. The van der Waals surface area contributed by atoms with Crippen molar-refractivity contribution in [3.63, 3.8) is 0 Å². The molecule has 0 saturated carbocycles. The summed E-state index contributed by atoms with van der Waals surface area (Å²) in [4.78, 5) is 22.5. The highest BCUT2D eigenvalue weighted by Crippen LogP contribution is 2.09. The number of hydrogen-bond donors (Lipinski definition) is 2. The summed E-state index contributed by atoms with van der Waals surface area (Å²) >= 11 is 0. The van der Waals surface area contributed by atoms with Crippen LogP contribution in [0.5, 0.6) is 0 Å². The number of carbonyl (C=O) groups excluding carboxylic acids is 2. The second-order valence-electron chi connectivity index (χ2n) is 4.46. The molecule has 0 spiro atoms. The Morgan fingerprint density at radius 1 is 1.29 bits per heavy atom. The number of carbonyl (C=O) groups is 2. The highest BCUT2D eigenvalue weighted by atomic mass is 16.5. The molecule has 6 heteroatoms. The first-order valence-electron chi connectivity index (χ1n) is 6.77. The largest absolute Gasteiger partial charge is 0.469 e. The number of amides is 2. The molecule has 0 atom stereocenters. The van der Waals surface area contributed by atoms with Gasteiger partial charge in [0.1, 0.15) is 0 Å². The van der Waals surface area contributed by atoms with Crippen LogP contribution < -0.4 is 10.6 Å². The highest BCUT2D eigenvalue weighted by Gasteiger charge is 2.02. The van der Waals surface area contributed by atoms with Gasteiger partial charge in [-0.2, -0.15) is 5.26 Å². The number of urea groups is 1. The second kappa shape index (κ2) is 9.37. The van der Waals surface area contributed by atoms with Gasteiger partial charge in [0, 0.05) is 18.7 Å². The predicted molar refractivity (Wildman–Crippen MR) is 78.7 cm³/mol. The van der Waals surface area contributed by atoms with Crippen molar-refractivity contribution in [1.29, 1.82) is 5.26 Å². The Hall–Kier alpha value is -2.55. The molecule has 0 unspecified atom stereocenters. The molecule has 0 aromatic heterocycles. The Labute approximate surface area is 124 Å². The Kier molecular flexibility index (Phi) is 7.36. The maximum atomic E-state index is 11.6. The molecule has 0 aliphatic carbocycles. The molecule has 1 aromatic carbocycles. The van der Waals surface area contributed by atoms with Crippen molar-refractivity contribution >= 4 is 17.7 Å². The number of nitrogens with zero attached hydrogens (tertiary/aromatic N) is 1. The van der Waals surface area contributed by atoms with Gasteiger partial charge in [0.05, 0.1) is 18.7 Å². The summed E-state index contributed by atoms with van der Waals surface area (Å²) in [6.45, 7) is 0.533. The molecule has 0 radical (unpaired) electrons. The SMILES string of the molecule is COC(=O)CCCCCNC(=O)Nc1cccc(C#N)c1. The van der Waals surface area contributed by atoms with Crippen LogP contribution >= 0.6 is 0 Å². The van der Waals surface area contributed by atoms with Crippen LogP contribution in [0.4, 0.5) is 10.5 Å². The zero-order chi connectivity index (χ0) is 15.5. The van der Waals surface area contributed by atoms with Gasteiger partial charge in [0.25, 0.3) is 0 Å². The van der Waals surface area contributed by atoms with E-state index in [1.165, 1.54) is 7.11 Å². The molecule has 0 aliphatic heterocycles. The maximum absolute atomic E-state index is 11.6. The van der Waals surface area contributed by atoms with E-state index in [1.54, 1.807) is 24.3 Å². The molecule has 21 heavy (non-hydrogen) atoms. The van der Waals surface area contributed by atoms with Crippen molar-refractivity contribution in [1.82, 2.24) is 5.32 Å². The minimum atomic E-state index is -0.307. The predicted octanol–water partition coefficient (Wildman–Crippen LogP) is 2.41. The standard InChI is InChI=1S/C15H19N3O3/c1-21-14(19)8-3-2-4-9-17-15(20)18-13-7-5-6-12(10-13)11-16/h5-7,10H,2-4,8-9H2,1H3,(H2,17,18,20). The van der Waals surface area contributed by atoms with Crippen LogP contribution in [-0.4, -0.2) is 25.7 Å². The molecular formula is C15H19N3O3. The average Bonchev–Trinajstić information content (AvgIpc) is 2.50. The van der Waals surface area contributed by atoms with E-state index in [0.29, 0.717) is 24.2 Å². The average molecular weight is 289 g/mol. The molecule has 2 amide bonds. The zero-order valence-corrected chi connectivity index (χ0v) is 12.0. The monoisotopic (exact) mass is 289 g/mol. The zero-order valence-electron chi connectivity index (χ0n) is 12.0. The summed E-state index contributed by atoms with van der Waals surface area (Å²) in [6.07, 6.45) is 2.80. The van der Waals surface area contributed by atoms with Crippen molar-refractivity contribution in [2.45, 2.75) is 25.7 Å². The number of methoxy groups -OCH3 is 1. The molecule has 6 nitrogen and oxygen atoms in total. The van der Waals surface area contributed by atoms with Crippen LogP contribution in [0.1, 0.15) is 31.2 Å². The molecular weight excluding hydrogens is 270 g/mol. The third kappa shape index (κ3) is 6.97. The van der Waals surface area contributed by atoms with Gasteiger partial charge in [-0.25, -0.2) is 4.79 Å². The minimum absolute atomic E-state index is 0.210. The quantitative estimate of drug-likeness (QED) is 0.595. The number of unbranched alkanes of at least 4 members (excludes halogenated alkanes) is 2. The first kappa shape index (κ1) is 16.5. The van der Waals surface area contributed by atoms with Crippen molar-refractivity contribution < 1.29 is 14.3 Å². The van der Waals surface area contributed by atoms with Crippen LogP contribution in [0, 0.1) is 11.3 Å². The molecule has 112 valence electrons. The molecule has 0 heterocycles. The molecule has 2 N–H and O–H groups in total. The first-order chi connectivity index (χ1) is 10.2. The molecule has 0 saturated heterocycles. The van der Waals surface area contributed by atoms with Gasteiger partial charge in [0.2, 0.25) is 0 Å². The third-order valence-corrected chi connectivity index (χ3v) is 2.82. The highest BCUT2D eigenvalue weighted by molar-refractivity contribution is 5.89. The van der Waals surface area contributed by atoms with Crippen LogP contribution in [0.3, 0.4) is 0 Å². The Morgan fingerprint density at radius 3 is 2.81 bits per heavy atom. The summed E-state index contributed by atoms with van der Waals surface area (Å²) < 4.78 is 4.54. The number of ether oxygens (including phenoxy) is 1. The number of hydrogen-bond acceptors (Lipinski definition) is 4. The molecule has 1 rings (SSSR count). The van der Waals surface area contributed by atoms with Crippen LogP contribution in [-0.2, 0) is 9.53 Å². The lowest BCUT2D eigenvalue weighted by atomic mass is 10.2. The van der Waals surface area contributed by atoms with E-state index < -0.39 is 0 Å². The molecule has 0 aliphatic rings. The second-order valence-corrected chi connectivity index (χ2v) is 4.46. The summed E-state index contributed by atoms with van der Waals surface area (Å²) in [5, 5.41) is 14.1. The summed E-state index contributed by atoms with van der Waals surface area (Å²) in [6, 6.07) is 8.41.